The van der Waals surface area contributed by atoms with Crippen molar-refractivity contribution < 1.29 is 18.8 Å². The lowest BCUT2D eigenvalue weighted by Gasteiger charge is -2.32. The second kappa shape index (κ2) is 7.83. The SMILES string of the molecule is Cc1cc(-c2cn[nH]c2[C@H]2CCCN(CC(=O)Nc3ccc4c(c3)OCO4)C2)on1. The van der Waals surface area contributed by atoms with Gasteiger partial charge < -0.3 is 19.3 Å². The van der Waals surface area contributed by atoms with Crippen molar-refractivity contribution in [2.24, 2.45) is 0 Å². The number of rotatable bonds is 5. The number of fused-ring (bicyclic) bond motifs is 1. The molecule has 30 heavy (non-hydrogen) atoms. The van der Waals surface area contributed by atoms with Gasteiger partial charge in [-0.05, 0) is 38.4 Å². The number of hydrogen-bond donors (Lipinski definition) is 2. The Morgan fingerprint density at radius 1 is 1.30 bits per heavy atom. The molecule has 2 aliphatic heterocycles. The first kappa shape index (κ1) is 18.7. The van der Waals surface area contributed by atoms with Gasteiger partial charge in [0.1, 0.15) is 0 Å². The Labute approximate surface area is 173 Å². The predicted octanol–water partition coefficient (Wildman–Crippen LogP) is 2.92. The number of aromatic amines is 1. The molecule has 9 nitrogen and oxygen atoms in total. The molecule has 0 aliphatic carbocycles. The lowest BCUT2D eigenvalue weighted by Crippen LogP contribution is -2.40. The number of aromatic nitrogens is 3. The minimum absolute atomic E-state index is 0.0507. The smallest absolute Gasteiger partial charge is 0.238 e. The number of anilines is 1. The minimum Gasteiger partial charge on any atom is -0.454 e. The summed E-state index contributed by atoms with van der Waals surface area (Å²) in [6, 6.07) is 7.32. The number of piperidine rings is 1. The first-order valence-electron chi connectivity index (χ1n) is 10.0. The summed E-state index contributed by atoms with van der Waals surface area (Å²) < 4.78 is 16.1. The number of nitrogens with zero attached hydrogens (tertiary/aromatic N) is 3. The molecule has 2 aliphatic rings. The Bertz CT molecular complexity index is 1060. The van der Waals surface area contributed by atoms with Gasteiger partial charge in [0.15, 0.2) is 17.3 Å². The lowest BCUT2D eigenvalue weighted by atomic mass is 9.92. The molecule has 1 fully saturated rings. The van der Waals surface area contributed by atoms with Gasteiger partial charge >= 0.3 is 0 Å². The molecule has 1 amide bonds. The number of amides is 1. The summed E-state index contributed by atoms with van der Waals surface area (Å²) in [5.74, 6) is 2.27. The van der Waals surface area contributed by atoms with Crippen molar-refractivity contribution in [3.05, 3.63) is 41.9 Å². The standard InChI is InChI=1S/C21H23N5O4/c1-13-7-18(30-25-13)16-9-22-24-21(16)14-3-2-6-26(10-14)11-20(27)23-15-4-5-17-19(8-15)29-12-28-17/h4-5,7-9,14H,2-3,6,10-12H2,1H3,(H,22,24)(H,23,27)/t14-/m0/s1. The molecule has 1 aromatic carbocycles. The highest BCUT2D eigenvalue weighted by molar-refractivity contribution is 5.92. The molecule has 2 N–H and O–H groups in total. The monoisotopic (exact) mass is 409 g/mol. The van der Waals surface area contributed by atoms with Crippen LogP contribution >= 0.6 is 0 Å². The third kappa shape index (κ3) is 3.76. The number of hydrogen-bond acceptors (Lipinski definition) is 7. The van der Waals surface area contributed by atoms with Crippen molar-refractivity contribution in [2.45, 2.75) is 25.7 Å². The number of ether oxygens (including phenoxy) is 2. The molecule has 1 saturated heterocycles. The quantitative estimate of drug-likeness (QED) is 0.667. The van der Waals surface area contributed by atoms with Gasteiger partial charge in [-0.3, -0.25) is 14.8 Å². The van der Waals surface area contributed by atoms with E-state index in [9.17, 15) is 4.79 Å². The molecule has 0 radical (unpaired) electrons. The maximum absolute atomic E-state index is 12.6. The van der Waals surface area contributed by atoms with E-state index in [-0.39, 0.29) is 18.6 Å². The van der Waals surface area contributed by atoms with Gasteiger partial charge in [-0.15, -0.1) is 0 Å². The fourth-order valence-electron chi connectivity index (χ4n) is 4.11. The maximum Gasteiger partial charge on any atom is 0.238 e. The summed E-state index contributed by atoms with van der Waals surface area (Å²) >= 11 is 0. The Hall–Kier alpha value is -3.33. The van der Waals surface area contributed by atoms with Crippen LogP contribution in [0.4, 0.5) is 5.69 Å². The van der Waals surface area contributed by atoms with Crippen molar-refractivity contribution >= 4 is 11.6 Å². The van der Waals surface area contributed by atoms with E-state index in [2.05, 4.69) is 25.6 Å². The first-order chi connectivity index (χ1) is 14.7. The van der Waals surface area contributed by atoms with Gasteiger partial charge in [-0.2, -0.15) is 5.10 Å². The van der Waals surface area contributed by atoms with Crippen LogP contribution in [0.5, 0.6) is 11.5 Å². The average molecular weight is 409 g/mol. The molecule has 0 unspecified atom stereocenters. The maximum atomic E-state index is 12.6. The normalized spacial score (nSPS) is 18.5. The summed E-state index contributed by atoms with van der Waals surface area (Å²) in [7, 11) is 0. The largest absolute Gasteiger partial charge is 0.454 e. The van der Waals surface area contributed by atoms with Crippen molar-refractivity contribution in [2.75, 3.05) is 31.7 Å². The Morgan fingerprint density at radius 3 is 3.07 bits per heavy atom. The molecule has 5 rings (SSSR count). The van der Waals surface area contributed by atoms with Crippen molar-refractivity contribution in [3.63, 3.8) is 0 Å². The van der Waals surface area contributed by atoms with E-state index >= 15 is 0 Å². The second-order valence-corrected chi connectivity index (χ2v) is 7.72. The van der Waals surface area contributed by atoms with Crippen molar-refractivity contribution in [1.82, 2.24) is 20.3 Å². The van der Waals surface area contributed by atoms with Gasteiger partial charge in [0.2, 0.25) is 12.7 Å². The molecular formula is C21H23N5O4. The van der Waals surface area contributed by atoms with Crippen LogP contribution in [0.3, 0.4) is 0 Å². The van der Waals surface area contributed by atoms with Crippen LogP contribution in [-0.4, -0.2) is 52.6 Å². The van der Waals surface area contributed by atoms with Gasteiger partial charge in [-0.25, -0.2) is 0 Å². The zero-order valence-electron chi connectivity index (χ0n) is 16.7. The van der Waals surface area contributed by atoms with E-state index in [0.717, 1.165) is 42.9 Å². The van der Waals surface area contributed by atoms with Crippen LogP contribution in [0.2, 0.25) is 0 Å². The molecule has 9 heteroatoms. The summed E-state index contributed by atoms with van der Waals surface area (Å²) in [6.45, 7) is 4.10. The van der Waals surface area contributed by atoms with Crippen LogP contribution in [0.25, 0.3) is 11.3 Å². The zero-order chi connectivity index (χ0) is 20.5. The Morgan fingerprint density at radius 2 is 2.20 bits per heavy atom. The average Bonchev–Trinajstić information content (AvgIpc) is 3.48. The highest BCUT2D eigenvalue weighted by atomic mass is 16.7. The number of likely N-dealkylation sites (tertiary alicyclic amines) is 1. The zero-order valence-corrected chi connectivity index (χ0v) is 16.7. The highest BCUT2D eigenvalue weighted by Crippen LogP contribution is 2.35. The molecule has 1 atom stereocenters. The van der Waals surface area contributed by atoms with Crippen molar-refractivity contribution in [3.8, 4) is 22.8 Å². The van der Waals surface area contributed by atoms with Gasteiger partial charge in [0.25, 0.3) is 0 Å². The van der Waals surface area contributed by atoms with Crippen LogP contribution in [-0.2, 0) is 4.79 Å². The molecule has 4 heterocycles. The summed E-state index contributed by atoms with van der Waals surface area (Å²) in [6.07, 6.45) is 3.82. The molecular weight excluding hydrogens is 386 g/mol. The van der Waals surface area contributed by atoms with Crippen molar-refractivity contribution in [1.29, 1.82) is 0 Å². The number of carbonyl (C=O) groups excluding carboxylic acids is 1. The second-order valence-electron chi connectivity index (χ2n) is 7.72. The lowest BCUT2D eigenvalue weighted by molar-refractivity contribution is -0.117. The van der Waals surface area contributed by atoms with Gasteiger partial charge in [0, 0.05) is 30.3 Å². The van der Waals surface area contributed by atoms with E-state index in [1.807, 2.05) is 19.1 Å². The molecule has 0 saturated carbocycles. The number of H-pyrrole nitrogens is 1. The summed E-state index contributed by atoms with van der Waals surface area (Å²) in [4.78, 5) is 14.8. The fraction of sp³-hybridized carbons (Fsp3) is 0.381. The molecule has 156 valence electrons. The highest BCUT2D eigenvalue weighted by Gasteiger charge is 2.27. The van der Waals surface area contributed by atoms with E-state index in [1.54, 1.807) is 18.3 Å². The van der Waals surface area contributed by atoms with Crippen LogP contribution in [0.15, 0.2) is 35.0 Å². The van der Waals surface area contributed by atoms with Crippen LogP contribution < -0.4 is 14.8 Å². The summed E-state index contributed by atoms with van der Waals surface area (Å²) in [5.41, 5.74) is 3.51. The molecule has 3 aromatic rings. The number of carbonyl (C=O) groups is 1. The molecule has 0 bridgehead atoms. The van der Waals surface area contributed by atoms with E-state index in [4.69, 9.17) is 14.0 Å². The first-order valence-corrected chi connectivity index (χ1v) is 10.0. The van der Waals surface area contributed by atoms with Gasteiger partial charge in [-0.1, -0.05) is 5.16 Å². The van der Waals surface area contributed by atoms with Gasteiger partial charge in [0.05, 0.1) is 29.7 Å². The number of benzene rings is 1. The van der Waals surface area contributed by atoms with Crippen LogP contribution in [0.1, 0.15) is 30.1 Å². The van der Waals surface area contributed by atoms with E-state index < -0.39 is 0 Å². The Balaban J connectivity index is 1.23. The summed E-state index contributed by atoms with van der Waals surface area (Å²) in [5, 5.41) is 14.3. The van der Waals surface area contributed by atoms with E-state index in [0.29, 0.717) is 29.5 Å². The minimum atomic E-state index is -0.0507. The van der Waals surface area contributed by atoms with E-state index in [1.165, 1.54) is 0 Å². The Kier molecular flexibility index (Phi) is 4.88. The topological polar surface area (TPSA) is 106 Å². The third-order valence-electron chi connectivity index (χ3n) is 5.50. The predicted molar refractivity (Wildman–Crippen MR) is 108 cm³/mol. The number of nitrogens with one attached hydrogen (secondary N) is 2. The van der Waals surface area contributed by atoms with Crippen LogP contribution in [0, 0.1) is 6.92 Å². The third-order valence-corrected chi connectivity index (χ3v) is 5.50. The molecule has 0 spiro atoms. The molecule has 2 aromatic heterocycles. The fourth-order valence-corrected chi connectivity index (χ4v) is 4.11. The number of aryl methyl sites for hydroxylation is 1.